The normalized spacial score (nSPS) is 12.3. The Kier molecular flexibility index (Phi) is 9.57. The summed E-state index contributed by atoms with van der Waals surface area (Å²) in [4.78, 5) is 27.9. The first-order valence-corrected chi connectivity index (χ1v) is 12.5. The summed E-state index contributed by atoms with van der Waals surface area (Å²) in [5.74, 6) is -1.38. The highest BCUT2D eigenvalue weighted by Crippen LogP contribution is 2.22. The fourth-order valence-corrected chi connectivity index (χ4v) is 4.56. The molecule has 34 heavy (non-hydrogen) atoms. The first kappa shape index (κ1) is 27.3. The van der Waals surface area contributed by atoms with E-state index in [1.54, 1.807) is 13.8 Å². The monoisotopic (exact) mass is 492 g/mol. The Bertz CT molecular complexity index is 1090. The zero-order valence-corrected chi connectivity index (χ0v) is 21.1. The number of likely N-dealkylation sites (N-methyl/N-ethyl adjacent to an activating group) is 1. The topological polar surface area (TPSA) is 90.0 Å². The molecule has 0 aromatic heterocycles. The minimum atomic E-state index is -4.08. The SMILES string of the molecule is CCNC(=O)[C@@H](CC)N(Cc1ccccc1C)C(=O)CN(c1ccc(F)cc1)S(=O)(=O)N(C)C. The summed E-state index contributed by atoms with van der Waals surface area (Å²) in [6.07, 6.45) is 0.348. The van der Waals surface area contributed by atoms with Gasteiger partial charge in [0.15, 0.2) is 0 Å². The fraction of sp³-hybridized carbons (Fsp3) is 0.417. The van der Waals surface area contributed by atoms with Gasteiger partial charge in [0.05, 0.1) is 5.69 Å². The van der Waals surface area contributed by atoms with Gasteiger partial charge in [-0.05, 0) is 55.7 Å². The van der Waals surface area contributed by atoms with E-state index in [-0.39, 0.29) is 18.1 Å². The molecule has 0 aliphatic heterocycles. The van der Waals surface area contributed by atoms with Gasteiger partial charge in [0.2, 0.25) is 11.8 Å². The summed E-state index contributed by atoms with van der Waals surface area (Å²) in [6, 6.07) is 11.6. The van der Waals surface area contributed by atoms with Gasteiger partial charge < -0.3 is 10.2 Å². The van der Waals surface area contributed by atoms with Gasteiger partial charge in [-0.1, -0.05) is 31.2 Å². The molecule has 0 radical (unpaired) electrons. The molecule has 0 bridgehead atoms. The zero-order valence-electron chi connectivity index (χ0n) is 20.3. The highest BCUT2D eigenvalue weighted by Gasteiger charge is 2.33. The molecule has 0 saturated heterocycles. The number of rotatable bonds is 11. The molecule has 186 valence electrons. The predicted molar refractivity (Wildman–Crippen MR) is 131 cm³/mol. The number of nitrogens with zero attached hydrogens (tertiary/aromatic N) is 3. The maximum Gasteiger partial charge on any atom is 0.304 e. The van der Waals surface area contributed by atoms with Gasteiger partial charge in [-0.3, -0.25) is 9.59 Å². The number of anilines is 1. The van der Waals surface area contributed by atoms with Crippen molar-refractivity contribution in [2.75, 3.05) is 31.5 Å². The second kappa shape index (κ2) is 11.9. The number of carbonyl (C=O) groups is 2. The molecule has 0 unspecified atom stereocenters. The minimum Gasteiger partial charge on any atom is -0.355 e. The Morgan fingerprint density at radius 2 is 1.65 bits per heavy atom. The third-order valence-corrected chi connectivity index (χ3v) is 7.29. The maximum atomic E-state index is 13.6. The van der Waals surface area contributed by atoms with E-state index in [9.17, 15) is 22.4 Å². The molecule has 0 heterocycles. The van der Waals surface area contributed by atoms with Crippen LogP contribution in [0.2, 0.25) is 0 Å². The Balaban J connectivity index is 2.50. The molecular weight excluding hydrogens is 459 g/mol. The van der Waals surface area contributed by atoms with E-state index in [1.165, 1.54) is 31.1 Å². The van der Waals surface area contributed by atoms with Crippen LogP contribution in [-0.2, 0) is 26.3 Å². The number of hydrogen-bond acceptors (Lipinski definition) is 4. The molecule has 0 fully saturated rings. The summed E-state index contributed by atoms with van der Waals surface area (Å²) in [6.45, 7) is 5.49. The quantitative estimate of drug-likeness (QED) is 0.522. The Morgan fingerprint density at radius 3 is 2.18 bits per heavy atom. The first-order chi connectivity index (χ1) is 16.0. The number of halogens is 1. The van der Waals surface area contributed by atoms with E-state index >= 15 is 0 Å². The van der Waals surface area contributed by atoms with Gasteiger partial charge in [-0.25, -0.2) is 8.70 Å². The van der Waals surface area contributed by atoms with Gasteiger partial charge >= 0.3 is 10.2 Å². The van der Waals surface area contributed by atoms with E-state index in [2.05, 4.69) is 5.32 Å². The van der Waals surface area contributed by atoms with Crippen LogP contribution >= 0.6 is 0 Å². The third kappa shape index (κ3) is 6.54. The van der Waals surface area contributed by atoms with Crippen LogP contribution in [0.4, 0.5) is 10.1 Å². The second-order valence-corrected chi connectivity index (χ2v) is 10.1. The van der Waals surface area contributed by atoms with Gasteiger partial charge in [-0.2, -0.15) is 12.7 Å². The molecule has 1 N–H and O–H groups in total. The number of hydrogen-bond donors (Lipinski definition) is 1. The highest BCUT2D eigenvalue weighted by molar-refractivity contribution is 7.90. The molecular formula is C24H33FN4O4S. The Labute approximate surface area is 201 Å². The van der Waals surface area contributed by atoms with E-state index in [0.717, 1.165) is 31.9 Å². The number of benzene rings is 2. The summed E-state index contributed by atoms with van der Waals surface area (Å²) >= 11 is 0. The molecule has 0 spiro atoms. The molecule has 0 aliphatic rings. The second-order valence-electron chi connectivity index (χ2n) is 8.04. The predicted octanol–water partition coefficient (Wildman–Crippen LogP) is 2.69. The van der Waals surface area contributed by atoms with Crippen molar-refractivity contribution in [3.8, 4) is 0 Å². The van der Waals surface area contributed by atoms with Gasteiger partial charge in [0.1, 0.15) is 18.4 Å². The molecule has 2 amide bonds. The summed E-state index contributed by atoms with van der Waals surface area (Å²) in [5, 5.41) is 2.76. The molecule has 1 atom stereocenters. The lowest BCUT2D eigenvalue weighted by Crippen LogP contribution is -2.53. The van der Waals surface area contributed by atoms with Crippen molar-refractivity contribution in [3.63, 3.8) is 0 Å². The Morgan fingerprint density at radius 1 is 1.03 bits per heavy atom. The highest BCUT2D eigenvalue weighted by atomic mass is 32.2. The van der Waals surface area contributed by atoms with Crippen LogP contribution in [0.25, 0.3) is 0 Å². The van der Waals surface area contributed by atoms with Crippen LogP contribution in [0.1, 0.15) is 31.4 Å². The van der Waals surface area contributed by atoms with Crippen LogP contribution in [0, 0.1) is 12.7 Å². The molecule has 10 heteroatoms. The third-order valence-electron chi connectivity index (χ3n) is 5.47. The first-order valence-electron chi connectivity index (χ1n) is 11.1. The van der Waals surface area contributed by atoms with Gasteiger partial charge in [0, 0.05) is 27.2 Å². The molecule has 2 aromatic carbocycles. The van der Waals surface area contributed by atoms with E-state index in [4.69, 9.17) is 0 Å². The largest absolute Gasteiger partial charge is 0.355 e. The van der Waals surface area contributed by atoms with Crippen molar-refractivity contribution in [1.29, 1.82) is 0 Å². The van der Waals surface area contributed by atoms with Crippen molar-refractivity contribution >= 4 is 27.7 Å². The van der Waals surface area contributed by atoms with Crippen LogP contribution in [0.15, 0.2) is 48.5 Å². The average Bonchev–Trinajstić information content (AvgIpc) is 2.79. The molecule has 0 saturated carbocycles. The van der Waals surface area contributed by atoms with Crippen LogP contribution < -0.4 is 9.62 Å². The number of aryl methyl sites for hydroxylation is 1. The smallest absolute Gasteiger partial charge is 0.304 e. The minimum absolute atomic E-state index is 0.139. The van der Waals surface area contributed by atoms with Gasteiger partial charge in [-0.15, -0.1) is 0 Å². The fourth-order valence-electron chi connectivity index (χ4n) is 3.51. The van der Waals surface area contributed by atoms with E-state index < -0.39 is 34.5 Å². The maximum absolute atomic E-state index is 13.6. The summed E-state index contributed by atoms with van der Waals surface area (Å²) < 4.78 is 41.5. The van der Waals surface area contributed by atoms with Crippen LogP contribution in [0.3, 0.4) is 0 Å². The van der Waals surface area contributed by atoms with Crippen molar-refractivity contribution in [3.05, 3.63) is 65.5 Å². The number of nitrogens with one attached hydrogen (secondary N) is 1. The van der Waals surface area contributed by atoms with Crippen molar-refractivity contribution in [2.45, 2.75) is 39.8 Å². The van der Waals surface area contributed by atoms with Crippen molar-refractivity contribution < 1.29 is 22.4 Å². The van der Waals surface area contributed by atoms with E-state index in [0.29, 0.717) is 13.0 Å². The van der Waals surface area contributed by atoms with Crippen LogP contribution in [-0.4, -0.2) is 62.7 Å². The zero-order chi connectivity index (χ0) is 25.5. The van der Waals surface area contributed by atoms with Crippen molar-refractivity contribution in [2.24, 2.45) is 0 Å². The van der Waals surface area contributed by atoms with Crippen LogP contribution in [0.5, 0.6) is 0 Å². The molecule has 0 aliphatic carbocycles. The summed E-state index contributed by atoms with van der Waals surface area (Å²) in [5.41, 5.74) is 1.94. The van der Waals surface area contributed by atoms with E-state index in [1.807, 2.05) is 31.2 Å². The van der Waals surface area contributed by atoms with Crippen molar-refractivity contribution in [1.82, 2.24) is 14.5 Å². The molecule has 2 aromatic rings. The molecule has 2 rings (SSSR count). The lowest BCUT2D eigenvalue weighted by molar-refractivity contribution is -0.140. The lowest BCUT2D eigenvalue weighted by atomic mass is 10.1. The lowest BCUT2D eigenvalue weighted by Gasteiger charge is -2.34. The Hall–Kier alpha value is -2.98. The average molecular weight is 493 g/mol. The standard InChI is InChI=1S/C24H33FN4O4S/c1-6-22(24(31)26-7-2)28(16-19-11-9-8-10-18(19)3)23(30)17-29(34(32,33)27(4)5)21-14-12-20(25)13-15-21/h8-15,22H,6-7,16-17H2,1-5H3,(H,26,31)/t22-/m1/s1. The number of carbonyl (C=O) groups excluding carboxylic acids is 2. The van der Waals surface area contributed by atoms with Gasteiger partial charge in [0.25, 0.3) is 0 Å². The number of amides is 2. The summed E-state index contributed by atoms with van der Waals surface area (Å²) in [7, 11) is -1.38. The molecule has 8 nitrogen and oxygen atoms in total.